The van der Waals surface area contributed by atoms with Crippen molar-refractivity contribution in [2.75, 3.05) is 13.1 Å². The minimum absolute atomic E-state index is 0.0361. The summed E-state index contributed by atoms with van der Waals surface area (Å²) < 4.78 is 0. The van der Waals surface area contributed by atoms with Gasteiger partial charge in [-0.2, -0.15) is 5.26 Å². The zero-order valence-corrected chi connectivity index (χ0v) is 27.7. The normalized spacial score (nSPS) is 14.3. The molecule has 13 heteroatoms. The smallest absolute Gasteiger partial charge is 0.252 e. The van der Waals surface area contributed by atoms with Gasteiger partial charge in [-0.3, -0.25) is 29.0 Å². The molecule has 5 amide bonds. The number of amides is 5. The number of rotatable bonds is 20. The summed E-state index contributed by atoms with van der Waals surface area (Å²) in [5.41, 5.74) is 0.318. The first-order chi connectivity index (χ1) is 21.3. The van der Waals surface area contributed by atoms with Gasteiger partial charge >= 0.3 is 0 Å². The third-order valence-electron chi connectivity index (χ3n) is 7.08. The highest BCUT2D eigenvalue weighted by Crippen LogP contribution is 2.09. The second-order valence-electron chi connectivity index (χ2n) is 11.9. The van der Waals surface area contributed by atoms with Crippen LogP contribution in [0.2, 0.25) is 0 Å². The number of nitriles is 1. The van der Waals surface area contributed by atoms with Crippen LogP contribution in [-0.4, -0.2) is 77.8 Å². The molecule has 13 nitrogen and oxygen atoms in total. The first-order valence-corrected chi connectivity index (χ1v) is 15.8. The lowest BCUT2D eigenvalue weighted by Gasteiger charge is -2.28. The van der Waals surface area contributed by atoms with E-state index in [1.807, 2.05) is 47.6 Å². The van der Waals surface area contributed by atoms with Crippen LogP contribution >= 0.6 is 0 Å². The highest BCUT2D eigenvalue weighted by molar-refractivity contribution is 5.98. The van der Waals surface area contributed by atoms with Gasteiger partial charge in [-0.1, -0.05) is 41.0 Å². The van der Waals surface area contributed by atoms with Crippen LogP contribution in [0.3, 0.4) is 0 Å². The molecule has 1 rings (SSSR count). The Morgan fingerprint density at radius 3 is 2.00 bits per heavy atom. The molecule has 0 unspecified atom stereocenters. The van der Waals surface area contributed by atoms with Crippen molar-refractivity contribution in [1.29, 1.82) is 5.26 Å². The van der Waals surface area contributed by atoms with Crippen molar-refractivity contribution >= 4 is 29.5 Å². The van der Waals surface area contributed by atoms with Gasteiger partial charge in [0.05, 0.1) is 12.1 Å². The van der Waals surface area contributed by atoms with Gasteiger partial charge in [0.1, 0.15) is 18.1 Å². The molecule has 0 saturated carbocycles. The summed E-state index contributed by atoms with van der Waals surface area (Å²) in [6.07, 6.45) is 4.62. The maximum absolute atomic E-state index is 13.5. The van der Waals surface area contributed by atoms with E-state index in [0.717, 1.165) is 0 Å². The molecule has 0 radical (unpaired) electrons. The van der Waals surface area contributed by atoms with Gasteiger partial charge in [0.25, 0.3) is 5.91 Å². The van der Waals surface area contributed by atoms with Gasteiger partial charge in [-0.15, -0.1) is 0 Å². The number of nitrogens with zero attached hydrogens (tertiary/aromatic N) is 2. The van der Waals surface area contributed by atoms with Crippen molar-refractivity contribution < 1.29 is 24.0 Å². The van der Waals surface area contributed by atoms with Crippen LogP contribution in [0.4, 0.5) is 0 Å². The lowest BCUT2D eigenvalue weighted by atomic mass is 10.0. The summed E-state index contributed by atoms with van der Waals surface area (Å²) >= 11 is 0. The predicted octanol–water partition coefficient (Wildman–Crippen LogP) is 1.55. The summed E-state index contributed by atoms with van der Waals surface area (Å²) in [6.45, 7) is 13.9. The number of aromatic nitrogens is 1. The minimum Gasteiger partial charge on any atom is -0.355 e. The number of pyridine rings is 1. The number of likely N-dealkylation sites (N-methyl/N-ethyl adjacent to an activating group) is 1. The third-order valence-corrected chi connectivity index (χ3v) is 7.08. The highest BCUT2D eigenvalue weighted by atomic mass is 16.2. The Morgan fingerprint density at radius 2 is 1.44 bits per heavy atom. The van der Waals surface area contributed by atoms with Gasteiger partial charge in [-0.25, -0.2) is 0 Å². The number of nitrogens with one attached hydrogen (secondary N) is 6. The molecule has 6 N–H and O–H groups in total. The maximum atomic E-state index is 13.5. The number of hydrogen-bond donors (Lipinski definition) is 6. The van der Waals surface area contributed by atoms with E-state index in [1.54, 1.807) is 6.92 Å². The third kappa shape index (κ3) is 14.5. The van der Waals surface area contributed by atoms with Gasteiger partial charge in [0.2, 0.25) is 23.6 Å². The SMILES string of the molecule is CCC[C@H](NC(=O)[C@H](CCC#N)NC(=O)c1ccncc1)C(=O)N[C@H](CN[C@@H](C)C(=O)N[C@H](C(=O)NCC)C(C)C)CC(C)C. The second-order valence-corrected chi connectivity index (χ2v) is 11.9. The molecular formula is C32H52N8O5. The molecule has 0 bridgehead atoms. The van der Waals surface area contributed by atoms with Crippen LogP contribution in [0.15, 0.2) is 24.5 Å². The van der Waals surface area contributed by atoms with Crippen molar-refractivity contribution in [1.82, 2.24) is 36.9 Å². The molecule has 0 aliphatic carbocycles. The van der Waals surface area contributed by atoms with Gasteiger partial charge in [-0.05, 0) is 57.1 Å². The highest BCUT2D eigenvalue weighted by Gasteiger charge is 2.29. The summed E-state index contributed by atoms with van der Waals surface area (Å²) in [6, 6.07) is 1.48. The average Bonchev–Trinajstić information content (AvgIpc) is 2.99. The van der Waals surface area contributed by atoms with E-state index in [-0.39, 0.29) is 55.0 Å². The van der Waals surface area contributed by atoms with E-state index in [1.165, 1.54) is 24.5 Å². The fraction of sp³-hybridized carbons (Fsp3) is 0.656. The summed E-state index contributed by atoms with van der Waals surface area (Å²) in [7, 11) is 0. The van der Waals surface area contributed by atoms with E-state index >= 15 is 0 Å². The lowest BCUT2D eigenvalue weighted by Crippen LogP contribution is -2.57. The van der Waals surface area contributed by atoms with Crippen LogP contribution in [0, 0.1) is 23.2 Å². The van der Waals surface area contributed by atoms with E-state index in [0.29, 0.717) is 31.4 Å². The van der Waals surface area contributed by atoms with E-state index in [9.17, 15) is 24.0 Å². The molecule has 0 aliphatic rings. The van der Waals surface area contributed by atoms with E-state index in [4.69, 9.17) is 5.26 Å². The van der Waals surface area contributed by atoms with Crippen LogP contribution < -0.4 is 31.9 Å². The topological polar surface area (TPSA) is 194 Å². The quantitative estimate of drug-likeness (QED) is 0.125. The molecule has 0 spiro atoms. The lowest BCUT2D eigenvalue weighted by molar-refractivity contribution is -0.131. The molecule has 5 atom stereocenters. The van der Waals surface area contributed by atoms with Crippen LogP contribution in [0.25, 0.3) is 0 Å². The summed E-state index contributed by atoms with van der Waals surface area (Å²) in [4.78, 5) is 68.6. The Balaban J connectivity index is 2.93. The summed E-state index contributed by atoms with van der Waals surface area (Å²) in [5.74, 6) is -1.88. The molecule has 0 aromatic carbocycles. The average molecular weight is 629 g/mol. The maximum Gasteiger partial charge on any atom is 0.252 e. The van der Waals surface area contributed by atoms with Gasteiger partial charge in [0, 0.05) is 43.5 Å². The van der Waals surface area contributed by atoms with Gasteiger partial charge < -0.3 is 31.9 Å². The molecule has 1 aromatic rings. The fourth-order valence-corrected chi connectivity index (χ4v) is 4.63. The first kappa shape index (κ1) is 39.0. The zero-order valence-electron chi connectivity index (χ0n) is 27.7. The molecule has 0 saturated heterocycles. The Morgan fingerprint density at radius 1 is 0.822 bits per heavy atom. The molecule has 0 fully saturated rings. The van der Waals surface area contributed by atoms with Crippen molar-refractivity contribution in [2.24, 2.45) is 11.8 Å². The Labute approximate surface area is 267 Å². The molecular weight excluding hydrogens is 576 g/mol. The molecule has 1 aromatic heterocycles. The summed E-state index contributed by atoms with van der Waals surface area (Å²) in [5, 5.41) is 26.3. The Bertz CT molecular complexity index is 1140. The van der Waals surface area contributed by atoms with E-state index < -0.39 is 36.0 Å². The van der Waals surface area contributed by atoms with E-state index in [2.05, 4.69) is 36.9 Å². The zero-order chi connectivity index (χ0) is 33.9. The standard InChI is InChI=1S/C32H52N8O5/c1-8-11-25(39-31(44)26(12-10-15-33)38-29(42)23-13-16-34-17-14-23)30(43)37-24(18-20(3)4)19-36-22(7)28(41)40-27(21(5)6)32(45)35-9-2/h13-14,16-17,20-22,24-27,36H,8-12,18-19H2,1-7H3,(H,35,45)(H,37,43)(H,38,42)(H,39,44)(H,40,41)/t22-,24-,25-,26-,27-/m0/s1. The molecule has 250 valence electrons. The molecule has 0 aliphatic heterocycles. The van der Waals surface area contributed by atoms with Crippen LogP contribution in [0.5, 0.6) is 0 Å². The second kappa shape index (κ2) is 20.8. The Kier molecular flexibility index (Phi) is 18.0. The monoisotopic (exact) mass is 628 g/mol. The van der Waals surface area contributed by atoms with Gasteiger partial charge in [0.15, 0.2) is 0 Å². The van der Waals surface area contributed by atoms with Crippen molar-refractivity contribution in [3.05, 3.63) is 30.1 Å². The Hall–Kier alpha value is -4.05. The largest absolute Gasteiger partial charge is 0.355 e. The van der Waals surface area contributed by atoms with Crippen molar-refractivity contribution in [2.45, 2.75) is 111 Å². The number of carbonyl (C=O) groups is 5. The minimum atomic E-state index is -1.01. The van der Waals surface area contributed by atoms with Crippen molar-refractivity contribution in [3.63, 3.8) is 0 Å². The van der Waals surface area contributed by atoms with Crippen LogP contribution in [-0.2, 0) is 19.2 Å². The fourth-order valence-electron chi connectivity index (χ4n) is 4.63. The molecule has 1 heterocycles. The van der Waals surface area contributed by atoms with Crippen LogP contribution in [0.1, 0.15) is 90.9 Å². The first-order valence-electron chi connectivity index (χ1n) is 15.8. The van der Waals surface area contributed by atoms with Crippen molar-refractivity contribution in [3.8, 4) is 6.07 Å². The number of hydrogen-bond acceptors (Lipinski definition) is 8. The predicted molar refractivity (Wildman–Crippen MR) is 171 cm³/mol. The number of carbonyl (C=O) groups excluding carboxylic acids is 5. The molecule has 45 heavy (non-hydrogen) atoms.